The number of aromatic hydroxyl groups is 1. The van der Waals surface area contributed by atoms with E-state index >= 15 is 0 Å². The van der Waals surface area contributed by atoms with Gasteiger partial charge in [-0.3, -0.25) is 19.2 Å². The summed E-state index contributed by atoms with van der Waals surface area (Å²) in [4.78, 5) is 48.4. The molecule has 0 fully saturated rings. The second-order valence-electron chi connectivity index (χ2n) is 7.64. The van der Waals surface area contributed by atoms with Crippen LogP contribution in [0.2, 0.25) is 0 Å². The molecular weight excluding hydrogens is 426 g/mol. The van der Waals surface area contributed by atoms with Crippen molar-refractivity contribution >= 4 is 23.6 Å². The van der Waals surface area contributed by atoms with Gasteiger partial charge in [0.15, 0.2) is 0 Å². The van der Waals surface area contributed by atoms with Crippen molar-refractivity contribution in [2.75, 3.05) is 6.54 Å². The molecule has 0 saturated heterocycles. The fraction of sp³-hybridized carbons (Fsp3) is 0.304. The number of nitrogens with one attached hydrogen (secondary N) is 3. The van der Waals surface area contributed by atoms with Gasteiger partial charge in [0.2, 0.25) is 23.6 Å². The minimum atomic E-state index is -0.938. The molecule has 0 saturated carbocycles. The first-order chi connectivity index (χ1) is 15.7. The summed E-state index contributed by atoms with van der Waals surface area (Å²) >= 11 is 0. The fourth-order valence-electron chi connectivity index (χ4n) is 3.00. The number of nitrogens with two attached hydrogens (primary N) is 2. The van der Waals surface area contributed by atoms with E-state index in [1.165, 1.54) is 19.1 Å². The molecule has 0 aromatic heterocycles. The Balaban J connectivity index is 1.78. The second kappa shape index (κ2) is 12.2. The molecule has 10 heteroatoms. The summed E-state index contributed by atoms with van der Waals surface area (Å²) in [6.07, 6.45) is 0.444. The van der Waals surface area contributed by atoms with Gasteiger partial charge in [-0.25, -0.2) is 0 Å². The molecule has 0 aliphatic carbocycles. The summed E-state index contributed by atoms with van der Waals surface area (Å²) in [7, 11) is 0. The molecule has 3 atom stereocenters. The molecule has 0 bridgehead atoms. The molecule has 0 heterocycles. The standard InChI is InChI=1S/C23H29N5O5/c1-14(27-23(33)18(24)11-16-7-9-17(29)10-8-16)22(32)26-13-20(30)28-19(21(25)31)12-15-5-3-2-4-6-15/h2-10,14,18-19,29H,11-13,24H2,1H3,(H2,25,31)(H,26,32)(H,27,33)(H,28,30). The van der Waals surface area contributed by atoms with Gasteiger partial charge in [-0.15, -0.1) is 0 Å². The van der Waals surface area contributed by atoms with Crippen molar-refractivity contribution < 1.29 is 24.3 Å². The number of benzene rings is 2. The molecule has 0 spiro atoms. The molecule has 0 aliphatic rings. The van der Waals surface area contributed by atoms with E-state index in [1.807, 2.05) is 18.2 Å². The third-order valence-electron chi connectivity index (χ3n) is 4.87. The maximum Gasteiger partial charge on any atom is 0.242 e. The largest absolute Gasteiger partial charge is 0.508 e. The van der Waals surface area contributed by atoms with E-state index in [0.29, 0.717) is 0 Å². The SMILES string of the molecule is CC(NC(=O)C(N)Cc1ccc(O)cc1)C(=O)NCC(=O)NC(Cc1ccccc1)C(N)=O. The van der Waals surface area contributed by atoms with Gasteiger partial charge >= 0.3 is 0 Å². The number of hydrogen-bond acceptors (Lipinski definition) is 6. The summed E-state index contributed by atoms with van der Waals surface area (Å²) in [5.74, 6) is -2.30. The first kappa shape index (κ1) is 25.3. The highest BCUT2D eigenvalue weighted by molar-refractivity contribution is 5.92. The molecule has 176 valence electrons. The summed E-state index contributed by atoms with van der Waals surface area (Å²) < 4.78 is 0. The van der Waals surface area contributed by atoms with Gasteiger partial charge in [-0.1, -0.05) is 42.5 Å². The molecule has 8 N–H and O–H groups in total. The Hall–Kier alpha value is -3.92. The summed E-state index contributed by atoms with van der Waals surface area (Å²) in [6.45, 7) is 1.07. The molecule has 2 aromatic rings. The van der Waals surface area contributed by atoms with Crippen molar-refractivity contribution in [2.45, 2.75) is 37.9 Å². The summed E-state index contributed by atoms with van der Waals surface area (Å²) in [5, 5.41) is 16.7. The van der Waals surface area contributed by atoms with Crippen LogP contribution in [0, 0.1) is 0 Å². The highest BCUT2D eigenvalue weighted by Crippen LogP contribution is 2.11. The molecule has 0 radical (unpaired) electrons. The Morgan fingerprint density at radius 2 is 1.48 bits per heavy atom. The van der Waals surface area contributed by atoms with E-state index in [4.69, 9.17) is 11.5 Å². The molecule has 2 aromatic carbocycles. The minimum absolute atomic E-state index is 0.105. The van der Waals surface area contributed by atoms with Crippen molar-refractivity contribution in [3.8, 4) is 5.75 Å². The Morgan fingerprint density at radius 3 is 2.09 bits per heavy atom. The molecular formula is C23H29N5O5. The lowest BCUT2D eigenvalue weighted by Gasteiger charge is -2.18. The third-order valence-corrected chi connectivity index (χ3v) is 4.87. The molecule has 33 heavy (non-hydrogen) atoms. The van der Waals surface area contributed by atoms with Crippen LogP contribution in [-0.4, -0.2) is 53.4 Å². The van der Waals surface area contributed by atoms with Gasteiger partial charge < -0.3 is 32.5 Å². The Morgan fingerprint density at radius 1 is 0.879 bits per heavy atom. The van der Waals surface area contributed by atoms with E-state index in [9.17, 15) is 24.3 Å². The third kappa shape index (κ3) is 8.62. The Labute approximate surface area is 191 Å². The first-order valence-electron chi connectivity index (χ1n) is 10.4. The van der Waals surface area contributed by atoms with Gasteiger partial charge in [0.25, 0.3) is 0 Å². The van der Waals surface area contributed by atoms with E-state index in [1.54, 1.807) is 24.3 Å². The van der Waals surface area contributed by atoms with Crippen LogP contribution in [0.1, 0.15) is 18.1 Å². The van der Waals surface area contributed by atoms with Gasteiger partial charge in [0, 0.05) is 6.42 Å². The summed E-state index contributed by atoms with van der Waals surface area (Å²) in [6, 6.07) is 12.6. The van der Waals surface area contributed by atoms with Crippen LogP contribution >= 0.6 is 0 Å². The van der Waals surface area contributed by atoms with E-state index in [-0.39, 0.29) is 18.6 Å². The Kier molecular flexibility index (Phi) is 9.37. The van der Waals surface area contributed by atoms with Crippen LogP contribution in [0.15, 0.2) is 54.6 Å². The summed E-state index contributed by atoms with van der Waals surface area (Å²) in [5.41, 5.74) is 12.8. The second-order valence-corrected chi connectivity index (χ2v) is 7.64. The normalized spacial score (nSPS) is 13.3. The monoisotopic (exact) mass is 455 g/mol. The zero-order valence-electron chi connectivity index (χ0n) is 18.3. The lowest BCUT2D eigenvalue weighted by molar-refractivity contribution is -0.131. The van der Waals surface area contributed by atoms with Crippen molar-refractivity contribution in [2.24, 2.45) is 11.5 Å². The zero-order valence-corrected chi connectivity index (χ0v) is 18.3. The highest BCUT2D eigenvalue weighted by atomic mass is 16.3. The van der Waals surface area contributed by atoms with Crippen molar-refractivity contribution in [3.63, 3.8) is 0 Å². The van der Waals surface area contributed by atoms with Crippen LogP contribution in [0.25, 0.3) is 0 Å². The maximum atomic E-state index is 12.3. The van der Waals surface area contributed by atoms with E-state index in [0.717, 1.165) is 11.1 Å². The number of phenols is 1. The molecule has 0 aliphatic heterocycles. The smallest absolute Gasteiger partial charge is 0.242 e. The van der Waals surface area contributed by atoms with Gasteiger partial charge in [0.05, 0.1) is 12.6 Å². The topological polar surface area (TPSA) is 177 Å². The lowest BCUT2D eigenvalue weighted by atomic mass is 10.1. The zero-order chi connectivity index (χ0) is 24.4. The van der Waals surface area contributed by atoms with Crippen molar-refractivity contribution in [3.05, 3.63) is 65.7 Å². The predicted octanol–water partition coefficient (Wildman–Crippen LogP) is -0.904. The van der Waals surface area contributed by atoms with E-state index in [2.05, 4.69) is 16.0 Å². The van der Waals surface area contributed by atoms with Crippen molar-refractivity contribution in [1.29, 1.82) is 0 Å². The van der Waals surface area contributed by atoms with Gasteiger partial charge in [0.1, 0.15) is 17.8 Å². The van der Waals surface area contributed by atoms with Gasteiger partial charge in [-0.05, 0) is 36.6 Å². The average Bonchev–Trinajstić information content (AvgIpc) is 2.79. The van der Waals surface area contributed by atoms with E-state index < -0.39 is 48.3 Å². The minimum Gasteiger partial charge on any atom is -0.508 e. The molecule has 4 amide bonds. The van der Waals surface area contributed by atoms with Crippen molar-refractivity contribution in [1.82, 2.24) is 16.0 Å². The number of hydrogen-bond donors (Lipinski definition) is 6. The fourth-order valence-corrected chi connectivity index (χ4v) is 3.00. The number of phenolic OH excluding ortho intramolecular Hbond substituents is 1. The Bertz CT molecular complexity index is 965. The quantitative estimate of drug-likeness (QED) is 0.256. The van der Waals surface area contributed by atoms with Crippen LogP contribution in [-0.2, 0) is 32.0 Å². The number of rotatable bonds is 11. The van der Waals surface area contributed by atoms with Crippen LogP contribution in [0.4, 0.5) is 0 Å². The lowest BCUT2D eigenvalue weighted by Crippen LogP contribution is -2.53. The molecule has 10 nitrogen and oxygen atoms in total. The maximum absolute atomic E-state index is 12.3. The average molecular weight is 456 g/mol. The number of primary amides is 1. The highest BCUT2D eigenvalue weighted by Gasteiger charge is 2.22. The molecule has 2 rings (SSSR count). The van der Waals surface area contributed by atoms with Gasteiger partial charge in [-0.2, -0.15) is 0 Å². The predicted molar refractivity (Wildman–Crippen MR) is 122 cm³/mol. The number of carbonyl (C=O) groups excluding carboxylic acids is 4. The number of amides is 4. The van der Waals surface area contributed by atoms with Crippen LogP contribution in [0.5, 0.6) is 5.75 Å². The first-order valence-corrected chi connectivity index (χ1v) is 10.4. The van der Waals surface area contributed by atoms with Crippen LogP contribution in [0.3, 0.4) is 0 Å². The van der Waals surface area contributed by atoms with Crippen LogP contribution < -0.4 is 27.4 Å². The number of carbonyl (C=O) groups is 4. The molecule has 3 unspecified atom stereocenters.